The molecule has 12 heteroatoms. The van der Waals surface area contributed by atoms with Gasteiger partial charge in [0.1, 0.15) is 0 Å². The monoisotopic (exact) mass is 646 g/mol. The standard InChI is InChI=1S/C32H36Cl2N2O8/c1-39-24-14-12-21(27(41-3)29(24)43-5)31(37)35-16-17-36(20(18-35)11-10-19-8-7-9-23(33)26(19)34)32(38)22-13-15-25(40-2)30(44-6)28(22)42-4/h7-9,12-15,20H,10-11,16-18H2,1-6H3. The van der Waals surface area contributed by atoms with E-state index in [-0.39, 0.29) is 49.0 Å². The summed E-state index contributed by atoms with van der Waals surface area (Å²) in [5.74, 6) is 1.53. The second-order valence-electron chi connectivity index (χ2n) is 9.92. The van der Waals surface area contributed by atoms with Crippen molar-refractivity contribution in [3.05, 3.63) is 69.2 Å². The number of piperazine rings is 1. The number of carbonyl (C=O) groups is 2. The van der Waals surface area contributed by atoms with Gasteiger partial charge in [-0.05, 0) is 48.7 Å². The summed E-state index contributed by atoms with van der Waals surface area (Å²) in [5.41, 5.74) is 1.49. The average molecular weight is 648 g/mol. The Kier molecular flexibility index (Phi) is 10.9. The van der Waals surface area contributed by atoms with Gasteiger partial charge in [0, 0.05) is 19.6 Å². The fourth-order valence-electron chi connectivity index (χ4n) is 5.48. The molecule has 1 aliphatic heterocycles. The Hall–Kier alpha value is -4.02. The maximum atomic E-state index is 14.1. The highest BCUT2D eigenvalue weighted by Crippen LogP contribution is 2.42. The number of carbonyl (C=O) groups excluding carboxylic acids is 2. The van der Waals surface area contributed by atoms with Crippen LogP contribution in [0.15, 0.2) is 42.5 Å². The third-order valence-corrected chi connectivity index (χ3v) is 8.54. The minimum atomic E-state index is -0.376. The molecule has 1 saturated heterocycles. The van der Waals surface area contributed by atoms with Crippen LogP contribution in [-0.4, -0.2) is 89.9 Å². The molecule has 1 unspecified atom stereocenters. The van der Waals surface area contributed by atoms with Crippen molar-refractivity contribution in [3.63, 3.8) is 0 Å². The zero-order valence-corrected chi connectivity index (χ0v) is 27.1. The summed E-state index contributed by atoms with van der Waals surface area (Å²) in [4.78, 5) is 31.5. The molecular weight excluding hydrogens is 611 g/mol. The first-order valence-corrected chi connectivity index (χ1v) is 14.6. The van der Waals surface area contributed by atoms with E-state index in [1.807, 2.05) is 12.1 Å². The molecule has 0 aliphatic carbocycles. The maximum absolute atomic E-state index is 14.1. The predicted molar refractivity (Wildman–Crippen MR) is 168 cm³/mol. The molecule has 0 spiro atoms. The van der Waals surface area contributed by atoms with Crippen molar-refractivity contribution < 1.29 is 38.0 Å². The Morgan fingerprint density at radius 1 is 0.705 bits per heavy atom. The molecular formula is C32H36Cl2N2O8. The van der Waals surface area contributed by atoms with E-state index in [0.29, 0.717) is 57.0 Å². The second-order valence-corrected chi connectivity index (χ2v) is 10.7. The molecule has 10 nitrogen and oxygen atoms in total. The summed E-state index contributed by atoms with van der Waals surface area (Å²) in [6.07, 6.45) is 1.03. The Morgan fingerprint density at radius 2 is 1.25 bits per heavy atom. The maximum Gasteiger partial charge on any atom is 0.258 e. The zero-order chi connectivity index (χ0) is 32.0. The van der Waals surface area contributed by atoms with Crippen LogP contribution in [0.25, 0.3) is 0 Å². The molecule has 1 heterocycles. The molecule has 1 aliphatic rings. The van der Waals surface area contributed by atoms with Crippen LogP contribution in [0, 0.1) is 0 Å². The van der Waals surface area contributed by atoms with Crippen LogP contribution in [0.1, 0.15) is 32.7 Å². The van der Waals surface area contributed by atoms with Gasteiger partial charge in [-0.25, -0.2) is 0 Å². The van der Waals surface area contributed by atoms with Gasteiger partial charge in [-0.2, -0.15) is 0 Å². The number of aryl methyl sites for hydroxylation is 1. The number of methoxy groups -OCH3 is 6. The highest BCUT2D eigenvalue weighted by Gasteiger charge is 2.36. The lowest BCUT2D eigenvalue weighted by Crippen LogP contribution is -2.56. The fraction of sp³-hybridized carbons (Fsp3) is 0.375. The topological polar surface area (TPSA) is 96.0 Å². The summed E-state index contributed by atoms with van der Waals surface area (Å²) >= 11 is 12.8. The first-order valence-electron chi connectivity index (χ1n) is 13.8. The molecule has 0 N–H and O–H groups in total. The minimum Gasteiger partial charge on any atom is -0.493 e. The average Bonchev–Trinajstić information content (AvgIpc) is 3.06. The molecule has 2 amide bonds. The molecule has 44 heavy (non-hydrogen) atoms. The number of hydrogen-bond donors (Lipinski definition) is 0. The van der Waals surface area contributed by atoms with E-state index in [1.165, 1.54) is 42.7 Å². The lowest BCUT2D eigenvalue weighted by Gasteiger charge is -2.42. The zero-order valence-electron chi connectivity index (χ0n) is 25.6. The SMILES string of the molecule is COc1ccc(C(=O)N2CCN(C(=O)c3ccc(OC)c(OC)c3OC)C(CCc3cccc(Cl)c3Cl)C2)c(OC)c1OC. The lowest BCUT2D eigenvalue weighted by molar-refractivity contribution is 0.0368. The van der Waals surface area contributed by atoms with Gasteiger partial charge in [-0.3, -0.25) is 9.59 Å². The van der Waals surface area contributed by atoms with Gasteiger partial charge < -0.3 is 38.2 Å². The van der Waals surface area contributed by atoms with E-state index < -0.39 is 0 Å². The number of benzene rings is 3. The summed E-state index contributed by atoms with van der Waals surface area (Å²) < 4.78 is 33.0. The molecule has 4 rings (SSSR count). The van der Waals surface area contributed by atoms with E-state index >= 15 is 0 Å². The Morgan fingerprint density at radius 3 is 1.77 bits per heavy atom. The van der Waals surface area contributed by atoms with Gasteiger partial charge in [-0.15, -0.1) is 0 Å². The van der Waals surface area contributed by atoms with Crippen LogP contribution in [-0.2, 0) is 6.42 Å². The lowest BCUT2D eigenvalue weighted by atomic mass is 9.99. The van der Waals surface area contributed by atoms with Crippen LogP contribution in [0.3, 0.4) is 0 Å². The first-order chi connectivity index (χ1) is 21.2. The summed E-state index contributed by atoms with van der Waals surface area (Å²) in [5, 5.41) is 0.917. The van der Waals surface area contributed by atoms with Crippen molar-refractivity contribution in [1.29, 1.82) is 0 Å². The summed E-state index contributed by atoms with van der Waals surface area (Å²) in [6.45, 7) is 0.813. The quantitative estimate of drug-likeness (QED) is 0.264. The van der Waals surface area contributed by atoms with Crippen molar-refractivity contribution in [2.45, 2.75) is 18.9 Å². The van der Waals surface area contributed by atoms with E-state index in [1.54, 1.807) is 40.1 Å². The summed E-state index contributed by atoms with van der Waals surface area (Å²) in [6, 6.07) is 11.7. The first kappa shape index (κ1) is 32.9. The largest absolute Gasteiger partial charge is 0.493 e. The van der Waals surface area contributed by atoms with Gasteiger partial charge >= 0.3 is 0 Å². The third-order valence-electron chi connectivity index (χ3n) is 7.68. The summed E-state index contributed by atoms with van der Waals surface area (Å²) in [7, 11) is 8.94. The van der Waals surface area contributed by atoms with Gasteiger partial charge in [0.05, 0.1) is 69.9 Å². The van der Waals surface area contributed by atoms with Crippen LogP contribution in [0.2, 0.25) is 10.0 Å². The van der Waals surface area contributed by atoms with Gasteiger partial charge in [-0.1, -0.05) is 35.3 Å². The molecule has 236 valence electrons. The van der Waals surface area contributed by atoms with Crippen LogP contribution < -0.4 is 28.4 Å². The molecule has 3 aromatic carbocycles. The van der Waals surface area contributed by atoms with Crippen molar-refractivity contribution in [2.24, 2.45) is 0 Å². The minimum absolute atomic E-state index is 0.260. The normalized spacial score (nSPS) is 14.6. The number of hydrogen-bond acceptors (Lipinski definition) is 8. The predicted octanol–water partition coefficient (Wildman–Crippen LogP) is 5.64. The van der Waals surface area contributed by atoms with Crippen LogP contribution in [0.5, 0.6) is 34.5 Å². The van der Waals surface area contributed by atoms with E-state index in [2.05, 4.69) is 0 Å². The number of nitrogens with zero attached hydrogens (tertiary/aromatic N) is 2. The number of rotatable bonds is 11. The highest BCUT2D eigenvalue weighted by molar-refractivity contribution is 6.42. The smallest absolute Gasteiger partial charge is 0.258 e. The molecule has 0 bridgehead atoms. The van der Waals surface area contributed by atoms with Crippen molar-refractivity contribution >= 4 is 35.0 Å². The van der Waals surface area contributed by atoms with Gasteiger partial charge in [0.25, 0.3) is 11.8 Å². The van der Waals surface area contributed by atoms with E-state index in [9.17, 15) is 9.59 Å². The Labute approximate surface area is 267 Å². The number of halogens is 2. The molecule has 1 fully saturated rings. The van der Waals surface area contributed by atoms with E-state index in [0.717, 1.165) is 5.56 Å². The van der Waals surface area contributed by atoms with Gasteiger partial charge in [0.15, 0.2) is 23.0 Å². The Balaban J connectivity index is 1.69. The van der Waals surface area contributed by atoms with E-state index in [4.69, 9.17) is 51.6 Å². The van der Waals surface area contributed by atoms with Crippen molar-refractivity contribution in [3.8, 4) is 34.5 Å². The van der Waals surface area contributed by atoms with Crippen LogP contribution in [0.4, 0.5) is 0 Å². The Bertz CT molecular complexity index is 1520. The van der Waals surface area contributed by atoms with Crippen molar-refractivity contribution in [1.82, 2.24) is 9.80 Å². The number of amides is 2. The third kappa shape index (κ3) is 6.42. The fourth-order valence-corrected chi connectivity index (χ4v) is 5.90. The van der Waals surface area contributed by atoms with Crippen LogP contribution >= 0.6 is 23.2 Å². The molecule has 3 aromatic rings. The van der Waals surface area contributed by atoms with Gasteiger partial charge in [0.2, 0.25) is 11.5 Å². The second kappa shape index (κ2) is 14.6. The molecule has 0 aromatic heterocycles. The highest BCUT2D eigenvalue weighted by atomic mass is 35.5. The molecule has 1 atom stereocenters. The van der Waals surface area contributed by atoms with Crippen molar-refractivity contribution in [2.75, 3.05) is 62.3 Å². The number of ether oxygens (including phenoxy) is 6. The molecule has 0 radical (unpaired) electrons. The molecule has 0 saturated carbocycles.